The molecule has 0 unspecified atom stereocenters. The zero-order chi connectivity index (χ0) is 10.4. The molecule has 0 atom stereocenters. The van der Waals surface area contributed by atoms with Crippen molar-refractivity contribution in [2.75, 3.05) is 0 Å². The standard InChI is InChI=1S/C9H6N4O2/c14-8-5-1-4-3-10-13-6(4)2-7(5)11-9(15)12-8/h1-3,10,13H,(H,12,14,15). The smallest absolute Gasteiger partial charge is 0.307 e. The fourth-order valence-corrected chi connectivity index (χ4v) is 1.60. The molecule has 0 aliphatic carbocycles. The van der Waals surface area contributed by atoms with Gasteiger partial charge in [0.15, 0.2) is 0 Å². The van der Waals surface area contributed by atoms with Crippen LogP contribution >= 0.6 is 0 Å². The fraction of sp³-hybridized carbons (Fsp3) is 0. The summed E-state index contributed by atoms with van der Waals surface area (Å²) in [7, 11) is 0. The van der Waals surface area contributed by atoms with E-state index in [4.69, 9.17) is 0 Å². The molecule has 3 aromatic rings. The van der Waals surface area contributed by atoms with Crippen LogP contribution in [0.2, 0.25) is 0 Å². The molecule has 1 aromatic carbocycles. The van der Waals surface area contributed by atoms with E-state index in [1.54, 1.807) is 18.3 Å². The van der Waals surface area contributed by atoms with Gasteiger partial charge in [-0.3, -0.25) is 9.78 Å². The van der Waals surface area contributed by atoms with Crippen molar-refractivity contribution < 1.29 is 0 Å². The Morgan fingerprint density at radius 2 is 2.07 bits per heavy atom. The highest BCUT2D eigenvalue weighted by Gasteiger charge is 2.04. The lowest BCUT2D eigenvalue weighted by Crippen LogP contribution is -2.21. The van der Waals surface area contributed by atoms with E-state index in [1.807, 2.05) is 0 Å². The van der Waals surface area contributed by atoms with Gasteiger partial charge in [0, 0.05) is 11.6 Å². The van der Waals surface area contributed by atoms with E-state index in [2.05, 4.69) is 20.2 Å². The second-order valence-corrected chi connectivity index (χ2v) is 3.24. The quantitative estimate of drug-likeness (QED) is 0.482. The number of hydrogen-bond acceptors (Lipinski definition) is 3. The van der Waals surface area contributed by atoms with Crippen LogP contribution in [-0.4, -0.2) is 20.2 Å². The summed E-state index contributed by atoms with van der Waals surface area (Å²) >= 11 is 0. The van der Waals surface area contributed by atoms with Gasteiger partial charge in [-0.25, -0.2) is 4.79 Å². The first-order valence-corrected chi connectivity index (χ1v) is 4.34. The van der Waals surface area contributed by atoms with Gasteiger partial charge in [0.05, 0.1) is 16.4 Å². The van der Waals surface area contributed by atoms with E-state index >= 15 is 0 Å². The van der Waals surface area contributed by atoms with Crippen molar-refractivity contribution in [1.29, 1.82) is 0 Å². The number of fused-ring (bicyclic) bond motifs is 2. The van der Waals surface area contributed by atoms with Gasteiger partial charge < -0.3 is 10.2 Å². The highest BCUT2D eigenvalue weighted by molar-refractivity contribution is 5.93. The third kappa shape index (κ3) is 1.08. The van der Waals surface area contributed by atoms with Gasteiger partial charge in [-0.15, -0.1) is 0 Å². The Morgan fingerprint density at radius 3 is 2.93 bits per heavy atom. The number of nitrogens with zero attached hydrogens (tertiary/aromatic N) is 1. The molecule has 15 heavy (non-hydrogen) atoms. The Balaban J connectivity index is 2.65. The van der Waals surface area contributed by atoms with E-state index < -0.39 is 11.2 Å². The zero-order valence-corrected chi connectivity index (χ0v) is 7.50. The molecule has 0 spiro atoms. The van der Waals surface area contributed by atoms with E-state index in [9.17, 15) is 9.59 Å². The molecule has 6 heteroatoms. The Bertz CT molecular complexity index is 765. The Hall–Kier alpha value is -2.37. The molecule has 2 aromatic heterocycles. The summed E-state index contributed by atoms with van der Waals surface area (Å²) in [6.45, 7) is 0. The number of H-pyrrole nitrogens is 3. The lowest BCUT2D eigenvalue weighted by molar-refractivity contribution is 1.08. The first-order chi connectivity index (χ1) is 7.24. The molecule has 0 fully saturated rings. The number of rotatable bonds is 0. The second-order valence-electron chi connectivity index (χ2n) is 3.24. The van der Waals surface area contributed by atoms with Gasteiger partial charge in [0.25, 0.3) is 5.56 Å². The predicted molar refractivity (Wildman–Crippen MR) is 54.8 cm³/mol. The Labute approximate surface area is 82.0 Å². The van der Waals surface area contributed by atoms with E-state index in [-0.39, 0.29) is 0 Å². The summed E-state index contributed by atoms with van der Waals surface area (Å²) in [5.41, 5.74) is 0.169. The summed E-state index contributed by atoms with van der Waals surface area (Å²) in [4.78, 5) is 28.3. The molecule has 0 radical (unpaired) electrons. The summed E-state index contributed by atoms with van der Waals surface area (Å²) in [5.74, 6) is 0. The number of aromatic amines is 3. The lowest BCUT2D eigenvalue weighted by Gasteiger charge is -1.94. The maximum atomic E-state index is 11.4. The monoisotopic (exact) mass is 202 g/mol. The maximum absolute atomic E-state index is 11.4. The van der Waals surface area contributed by atoms with E-state index in [0.29, 0.717) is 10.9 Å². The highest BCUT2D eigenvalue weighted by atomic mass is 16.2. The van der Waals surface area contributed by atoms with E-state index in [0.717, 1.165) is 10.9 Å². The van der Waals surface area contributed by atoms with Gasteiger partial charge in [0.1, 0.15) is 0 Å². The number of hydrogen-bond donors (Lipinski definition) is 3. The minimum Gasteiger partial charge on any atom is -0.307 e. The molecule has 0 aliphatic rings. The van der Waals surface area contributed by atoms with Crippen molar-refractivity contribution in [1.82, 2.24) is 20.2 Å². The Kier molecular flexibility index (Phi) is 1.37. The molecule has 3 rings (SSSR count). The molecule has 0 saturated heterocycles. The van der Waals surface area contributed by atoms with E-state index in [1.165, 1.54) is 0 Å². The summed E-state index contributed by atoms with van der Waals surface area (Å²) < 4.78 is 0. The highest BCUT2D eigenvalue weighted by Crippen LogP contribution is 2.15. The van der Waals surface area contributed by atoms with Crippen LogP contribution in [-0.2, 0) is 0 Å². The predicted octanol–water partition coefficient (Wildman–Crippen LogP) is 0.0927. The largest absolute Gasteiger partial charge is 0.348 e. The van der Waals surface area contributed by atoms with Crippen LogP contribution in [0.15, 0.2) is 27.9 Å². The number of nitrogens with one attached hydrogen (secondary N) is 3. The number of aromatic nitrogens is 4. The molecule has 0 saturated carbocycles. The van der Waals surface area contributed by atoms with Crippen LogP contribution in [0.3, 0.4) is 0 Å². The Morgan fingerprint density at radius 1 is 1.20 bits per heavy atom. The third-order valence-corrected chi connectivity index (χ3v) is 2.29. The molecule has 74 valence electrons. The molecule has 0 bridgehead atoms. The summed E-state index contributed by atoms with van der Waals surface area (Å²) in [5, 5.41) is 6.96. The van der Waals surface area contributed by atoms with Crippen molar-refractivity contribution in [3.8, 4) is 0 Å². The van der Waals surface area contributed by atoms with Crippen molar-refractivity contribution in [3.05, 3.63) is 39.2 Å². The second kappa shape index (κ2) is 2.57. The minimum atomic E-state index is -0.623. The van der Waals surface area contributed by atoms with Gasteiger partial charge in [-0.05, 0) is 12.1 Å². The van der Waals surface area contributed by atoms with Crippen LogP contribution in [0.25, 0.3) is 21.8 Å². The first kappa shape index (κ1) is 7.98. The van der Waals surface area contributed by atoms with Gasteiger partial charge in [-0.2, -0.15) is 4.98 Å². The van der Waals surface area contributed by atoms with Crippen LogP contribution in [0.4, 0.5) is 0 Å². The number of benzene rings is 1. The molecular formula is C9H6N4O2. The van der Waals surface area contributed by atoms with Crippen molar-refractivity contribution >= 4 is 21.8 Å². The van der Waals surface area contributed by atoms with Gasteiger partial charge >= 0.3 is 5.69 Å². The van der Waals surface area contributed by atoms with Crippen LogP contribution in [0.1, 0.15) is 0 Å². The average molecular weight is 202 g/mol. The normalized spacial score (nSPS) is 11.2. The average Bonchev–Trinajstić information content (AvgIpc) is 2.61. The topological polar surface area (TPSA) is 94.4 Å². The lowest BCUT2D eigenvalue weighted by atomic mass is 10.2. The fourth-order valence-electron chi connectivity index (χ4n) is 1.60. The van der Waals surface area contributed by atoms with Crippen LogP contribution < -0.4 is 11.2 Å². The molecule has 3 N–H and O–H groups in total. The summed E-state index contributed by atoms with van der Waals surface area (Å²) in [6, 6.07) is 3.35. The maximum Gasteiger partial charge on any atom is 0.348 e. The van der Waals surface area contributed by atoms with Gasteiger partial charge in [0.2, 0.25) is 0 Å². The molecular weight excluding hydrogens is 196 g/mol. The van der Waals surface area contributed by atoms with Gasteiger partial charge in [-0.1, -0.05) is 0 Å². The van der Waals surface area contributed by atoms with Crippen LogP contribution in [0, 0.1) is 0 Å². The van der Waals surface area contributed by atoms with Crippen LogP contribution in [0.5, 0.6) is 0 Å². The molecule has 6 nitrogen and oxygen atoms in total. The minimum absolute atomic E-state index is 0.395. The SMILES string of the molecule is O=c1nc2cc3[nH][nH]cc3cc2c(=O)[nH]1. The van der Waals surface area contributed by atoms with Crippen molar-refractivity contribution in [2.24, 2.45) is 0 Å². The molecule has 0 aliphatic heterocycles. The first-order valence-electron chi connectivity index (χ1n) is 4.34. The van der Waals surface area contributed by atoms with Crippen molar-refractivity contribution in [2.45, 2.75) is 0 Å². The zero-order valence-electron chi connectivity index (χ0n) is 7.50. The molecule has 0 amide bonds. The molecule has 2 heterocycles. The third-order valence-electron chi connectivity index (χ3n) is 2.29. The summed E-state index contributed by atoms with van der Waals surface area (Å²) in [6.07, 6.45) is 1.74. The van der Waals surface area contributed by atoms with Crippen molar-refractivity contribution in [3.63, 3.8) is 0 Å².